The molecular weight excluding hydrogens is 261 g/mol. The molecule has 0 heterocycles. The van der Waals surface area contributed by atoms with Crippen molar-refractivity contribution in [1.82, 2.24) is 0 Å². The van der Waals surface area contributed by atoms with Gasteiger partial charge in [0.1, 0.15) is 6.07 Å². The number of benzene rings is 1. The molecule has 0 atom stereocenters. The van der Waals surface area contributed by atoms with Gasteiger partial charge < -0.3 is 0 Å². The van der Waals surface area contributed by atoms with Crippen LogP contribution in [0, 0.1) is 21.4 Å². The van der Waals surface area contributed by atoms with Gasteiger partial charge >= 0.3 is 6.18 Å². The van der Waals surface area contributed by atoms with Crippen LogP contribution in [-0.2, 0) is 12.1 Å². The molecule has 0 aliphatic carbocycles. The monoisotopic (exact) mass is 264 g/mol. The third-order valence-corrected chi connectivity index (χ3v) is 2.26. The summed E-state index contributed by atoms with van der Waals surface area (Å²) in [4.78, 5) is 9.49. The molecule has 1 rings (SSSR count). The van der Waals surface area contributed by atoms with Crippen molar-refractivity contribution >= 4 is 17.3 Å². The molecule has 90 valence electrons. The number of nitrogens with zero attached hydrogens (tertiary/aromatic N) is 2. The van der Waals surface area contributed by atoms with Gasteiger partial charge in [0.25, 0.3) is 5.69 Å². The molecule has 0 N–H and O–H groups in total. The molecule has 0 amide bonds. The fourth-order valence-electron chi connectivity index (χ4n) is 1.25. The molecule has 0 aliphatic heterocycles. The maximum Gasteiger partial charge on any atom is 0.417 e. The molecule has 0 aliphatic rings. The van der Waals surface area contributed by atoms with Crippen LogP contribution in [0.25, 0.3) is 0 Å². The summed E-state index contributed by atoms with van der Waals surface area (Å²) in [6.45, 7) is 0. The third-order valence-electron chi connectivity index (χ3n) is 1.98. The molecule has 0 bridgehead atoms. The Bertz CT molecular complexity index is 508. The summed E-state index contributed by atoms with van der Waals surface area (Å²) in [7, 11) is 0. The first kappa shape index (κ1) is 13.3. The van der Waals surface area contributed by atoms with Crippen molar-refractivity contribution in [3.05, 3.63) is 38.9 Å². The number of rotatable bonds is 2. The van der Waals surface area contributed by atoms with Crippen molar-refractivity contribution in [1.29, 1.82) is 5.26 Å². The van der Waals surface area contributed by atoms with Gasteiger partial charge in [0.05, 0.1) is 16.1 Å². The van der Waals surface area contributed by atoms with Crippen molar-refractivity contribution in [3.8, 4) is 6.07 Å². The maximum absolute atomic E-state index is 12.6. The number of hydrogen-bond acceptors (Lipinski definition) is 3. The van der Waals surface area contributed by atoms with Crippen LogP contribution >= 0.6 is 11.6 Å². The predicted octanol–water partition coefficient (Wildman–Crippen LogP) is 3.22. The smallest absolute Gasteiger partial charge is 0.258 e. The summed E-state index contributed by atoms with van der Waals surface area (Å²) in [6, 6.07) is 2.55. The zero-order valence-electron chi connectivity index (χ0n) is 8.08. The fourth-order valence-corrected chi connectivity index (χ4v) is 1.46. The van der Waals surface area contributed by atoms with E-state index in [-0.39, 0.29) is 5.56 Å². The molecule has 0 spiro atoms. The molecule has 0 radical (unpaired) electrons. The van der Waals surface area contributed by atoms with Gasteiger partial charge in [-0.1, -0.05) is 0 Å². The summed E-state index contributed by atoms with van der Waals surface area (Å²) in [5.41, 5.74) is -2.98. The van der Waals surface area contributed by atoms with E-state index in [2.05, 4.69) is 0 Å². The van der Waals surface area contributed by atoms with Crippen LogP contribution in [0.5, 0.6) is 0 Å². The van der Waals surface area contributed by atoms with Gasteiger partial charge in [-0.15, -0.1) is 11.6 Å². The van der Waals surface area contributed by atoms with Crippen LogP contribution in [0.4, 0.5) is 18.9 Å². The Hall–Kier alpha value is -1.81. The normalized spacial score (nSPS) is 11.0. The number of halogens is 4. The lowest BCUT2D eigenvalue weighted by Crippen LogP contribution is -2.10. The SMILES string of the molecule is N#Cc1c(CCl)cc([N+](=O)[O-])cc1C(F)(F)F. The van der Waals surface area contributed by atoms with E-state index in [9.17, 15) is 23.3 Å². The number of hydrogen-bond donors (Lipinski definition) is 0. The van der Waals surface area contributed by atoms with Crippen molar-refractivity contribution in [2.24, 2.45) is 0 Å². The Kier molecular flexibility index (Phi) is 3.58. The van der Waals surface area contributed by atoms with E-state index in [0.717, 1.165) is 6.07 Å². The zero-order valence-corrected chi connectivity index (χ0v) is 8.84. The van der Waals surface area contributed by atoms with E-state index in [1.54, 1.807) is 0 Å². The number of alkyl halides is 4. The van der Waals surface area contributed by atoms with E-state index in [0.29, 0.717) is 6.07 Å². The molecule has 17 heavy (non-hydrogen) atoms. The van der Waals surface area contributed by atoms with Gasteiger partial charge in [-0.05, 0) is 5.56 Å². The molecule has 0 unspecified atom stereocenters. The van der Waals surface area contributed by atoms with Gasteiger partial charge in [-0.3, -0.25) is 10.1 Å². The van der Waals surface area contributed by atoms with Crippen molar-refractivity contribution < 1.29 is 18.1 Å². The molecule has 8 heteroatoms. The van der Waals surface area contributed by atoms with Gasteiger partial charge in [-0.25, -0.2) is 0 Å². The lowest BCUT2D eigenvalue weighted by atomic mass is 10.0. The highest BCUT2D eigenvalue weighted by Gasteiger charge is 2.36. The predicted molar refractivity (Wildman–Crippen MR) is 52.4 cm³/mol. The first-order chi connectivity index (χ1) is 7.81. The summed E-state index contributed by atoms with van der Waals surface area (Å²) in [5, 5.41) is 19.1. The van der Waals surface area contributed by atoms with Crippen LogP contribution in [0.1, 0.15) is 16.7 Å². The molecule has 0 saturated heterocycles. The summed E-state index contributed by atoms with van der Waals surface area (Å²) in [5.74, 6) is -0.409. The first-order valence-electron chi connectivity index (χ1n) is 4.15. The number of nitriles is 1. The second-order valence-electron chi connectivity index (χ2n) is 3.03. The quantitative estimate of drug-likeness (QED) is 0.468. The lowest BCUT2D eigenvalue weighted by molar-refractivity contribution is -0.385. The number of non-ortho nitro benzene ring substituents is 1. The molecule has 1 aromatic carbocycles. The Balaban J connectivity index is 3.61. The third kappa shape index (κ3) is 2.65. The van der Waals surface area contributed by atoms with Crippen molar-refractivity contribution in [2.75, 3.05) is 0 Å². The van der Waals surface area contributed by atoms with Gasteiger partial charge in [0.15, 0.2) is 0 Å². The standard InChI is InChI=1S/C9H4ClF3N2O2/c10-3-5-1-6(15(16)17)2-8(7(5)4-14)9(11,12)13/h1-2H,3H2. The van der Waals surface area contributed by atoms with E-state index in [1.807, 2.05) is 0 Å². The van der Waals surface area contributed by atoms with E-state index >= 15 is 0 Å². The molecule has 0 fully saturated rings. The van der Waals surface area contributed by atoms with Gasteiger partial charge in [0, 0.05) is 18.0 Å². The highest BCUT2D eigenvalue weighted by atomic mass is 35.5. The molecule has 1 aromatic rings. The zero-order chi connectivity index (χ0) is 13.2. The molecular formula is C9H4ClF3N2O2. The first-order valence-corrected chi connectivity index (χ1v) is 4.69. The highest BCUT2D eigenvalue weighted by Crippen LogP contribution is 2.36. The van der Waals surface area contributed by atoms with Crippen LogP contribution in [0.2, 0.25) is 0 Å². The minimum atomic E-state index is -4.84. The minimum absolute atomic E-state index is 0.212. The van der Waals surface area contributed by atoms with E-state index < -0.39 is 33.8 Å². The average Bonchev–Trinajstić information content (AvgIpc) is 2.25. The Morgan fingerprint density at radius 1 is 1.47 bits per heavy atom. The average molecular weight is 265 g/mol. The second-order valence-corrected chi connectivity index (χ2v) is 3.30. The Morgan fingerprint density at radius 3 is 2.41 bits per heavy atom. The number of nitro benzene ring substituents is 1. The van der Waals surface area contributed by atoms with Gasteiger partial charge in [0.2, 0.25) is 0 Å². The van der Waals surface area contributed by atoms with Crippen molar-refractivity contribution in [3.63, 3.8) is 0 Å². The Morgan fingerprint density at radius 2 is 2.06 bits per heavy atom. The molecule has 4 nitrogen and oxygen atoms in total. The van der Waals surface area contributed by atoms with Crippen LogP contribution < -0.4 is 0 Å². The topological polar surface area (TPSA) is 66.9 Å². The summed E-state index contributed by atoms with van der Waals surface area (Å²) >= 11 is 5.37. The van der Waals surface area contributed by atoms with Crippen LogP contribution in [0.3, 0.4) is 0 Å². The van der Waals surface area contributed by atoms with Crippen LogP contribution in [-0.4, -0.2) is 4.92 Å². The molecule has 0 aromatic heterocycles. The van der Waals surface area contributed by atoms with Crippen molar-refractivity contribution in [2.45, 2.75) is 12.1 Å². The summed E-state index contributed by atoms with van der Waals surface area (Å²) < 4.78 is 37.7. The van der Waals surface area contributed by atoms with Crippen LogP contribution in [0.15, 0.2) is 12.1 Å². The Labute approximate surface area is 98.4 Å². The largest absolute Gasteiger partial charge is 0.417 e. The molecule has 0 saturated carbocycles. The minimum Gasteiger partial charge on any atom is -0.258 e. The lowest BCUT2D eigenvalue weighted by Gasteiger charge is -2.10. The highest BCUT2D eigenvalue weighted by molar-refractivity contribution is 6.17. The van der Waals surface area contributed by atoms with Gasteiger partial charge in [-0.2, -0.15) is 18.4 Å². The second kappa shape index (κ2) is 4.59. The fraction of sp³-hybridized carbons (Fsp3) is 0.222. The van der Waals surface area contributed by atoms with E-state index in [4.69, 9.17) is 16.9 Å². The van der Waals surface area contributed by atoms with E-state index in [1.165, 1.54) is 6.07 Å². The summed E-state index contributed by atoms with van der Waals surface area (Å²) in [6.07, 6.45) is -4.84. The number of nitro groups is 1. The maximum atomic E-state index is 12.6.